The molecule has 4 heteroatoms. The molecule has 0 fully saturated rings. The van der Waals surface area contributed by atoms with Crippen molar-refractivity contribution in [3.8, 4) is 5.75 Å². The molecule has 0 aliphatic carbocycles. The Morgan fingerprint density at radius 2 is 1.90 bits per heavy atom. The Kier molecular flexibility index (Phi) is 4.24. The van der Waals surface area contributed by atoms with Gasteiger partial charge in [0.05, 0.1) is 12.3 Å². The van der Waals surface area contributed by atoms with E-state index >= 15 is 0 Å². The van der Waals surface area contributed by atoms with Crippen LogP contribution in [0.3, 0.4) is 0 Å². The Bertz CT molecular complexity index is 586. The zero-order valence-corrected chi connectivity index (χ0v) is 11.9. The van der Waals surface area contributed by atoms with E-state index < -0.39 is 0 Å². The predicted molar refractivity (Wildman–Crippen MR) is 83.7 cm³/mol. The number of nitrogens with one attached hydrogen (secondary N) is 1. The van der Waals surface area contributed by atoms with Gasteiger partial charge in [-0.25, -0.2) is 4.39 Å². The Labute approximate surface area is 124 Å². The summed E-state index contributed by atoms with van der Waals surface area (Å²) in [5.41, 5.74) is 2.09. The van der Waals surface area contributed by atoms with E-state index in [2.05, 4.69) is 16.3 Å². The summed E-state index contributed by atoms with van der Waals surface area (Å²) in [5.74, 6) is 0.746. The van der Waals surface area contributed by atoms with Gasteiger partial charge < -0.3 is 15.0 Å². The molecule has 3 rings (SSSR count). The molecular weight excluding hydrogens is 267 g/mol. The Morgan fingerprint density at radius 3 is 2.76 bits per heavy atom. The van der Waals surface area contributed by atoms with Crippen LogP contribution in [0.1, 0.15) is 6.42 Å². The first-order valence-corrected chi connectivity index (χ1v) is 7.29. The number of rotatable bonds is 4. The van der Waals surface area contributed by atoms with E-state index in [1.807, 2.05) is 18.2 Å². The van der Waals surface area contributed by atoms with Crippen molar-refractivity contribution in [3.63, 3.8) is 0 Å². The molecule has 0 bridgehead atoms. The summed E-state index contributed by atoms with van der Waals surface area (Å²) < 4.78 is 18.6. The number of hydrogen-bond acceptors (Lipinski definition) is 3. The molecule has 1 aliphatic rings. The van der Waals surface area contributed by atoms with Gasteiger partial charge in [0.15, 0.2) is 0 Å². The van der Waals surface area contributed by atoms with Crippen molar-refractivity contribution in [3.05, 3.63) is 54.3 Å². The van der Waals surface area contributed by atoms with Crippen molar-refractivity contribution < 1.29 is 9.13 Å². The lowest BCUT2D eigenvalue weighted by Crippen LogP contribution is -2.29. The summed E-state index contributed by atoms with van der Waals surface area (Å²) in [6.07, 6.45) is 1.02. The molecule has 0 spiro atoms. The van der Waals surface area contributed by atoms with Gasteiger partial charge >= 0.3 is 0 Å². The van der Waals surface area contributed by atoms with Crippen molar-refractivity contribution >= 4 is 11.4 Å². The minimum atomic E-state index is -0.209. The number of para-hydroxylation sites is 2. The van der Waals surface area contributed by atoms with Crippen molar-refractivity contribution in [2.75, 3.05) is 36.5 Å². The van der Waals surface area contributed by atoms with Gasteiger partial charge in [-0.05, 0) is 42.8 Å². The SMILES string of the molecule is Fc1ccc(NCCN2CCCOc3ccccc32)cc1. The van der Waals surface area contributed by atoms with Gasteiger partial charge in [-0.15, -0.1) is 0 Å². The maximum absolute atomic E-state index is 12.9. The molecule has 0 aromatic heterocycles. The van der Waals surface area contributed by atoms with Crippen LogP contribution >= 0.6 is 0 Å². The maximum atomic E-state index is 12.9. The van der Waals surface area contributed by atoms with E-state index in [9.17, 15) is 4.39 Å². The zero-order valence-electron chi connectivity index (χ0n) is 11.9. The van der Waals surface area contributed by atoms with E-state index in [4.69, 9.17) is 4.74 Å². The van der Waals surface area contributed by atoms with Gasteiger partial charge in [0, 0.05) is 25.3 Å². The number of hydrogen-bond donors (Lipinski definition) is 1. The first kappa shape index (κ1) is 13.7. The molecule has 2 aromatic rings. The minimum Gasteiger partial charge on any atom is -0.491 e. The largest absolute Gasteiger partial charge is 0.491 e. The Balaban J connectivity index is 1.61. The van der Waals surface area contributed by atoms with Gasteiger partial charge in [-0.3, -0.25) is 0 Å². The quantitative estimate of drug-likeness (QED) is 0.930. The van der Waals surface area contributed by atoms with Crippen LogP contribution in [0.5, 0.6) is 5.75 Å². The third-order valence-electron chi connectivity index (χ3n) is 3.59. The molecule has 1 heterocycles. The fourth-order valence-corrected chi connectivity index (χ4v) is 2.53. The number of anilines is 2. The van der Waals surface area contributed by atoms with Crippen LogP contribution in [0.2, 0.25) is 0 Å². The summed E-state index contributed by atoms with van der Waals surface area (Å²) in [5, 5.41) is 3.32. The zero-order chi connectivity index (χ0) is 14.5. The van der Waals surface area contributed by atoms with Crippen LogP contribution in [0.25, 0.3) is 0 Å². The van der Waals surface area contributed by atoms with E-state index in [0.29, 0.717) is 0 Å². The highest BCUT2D eigenvalue weighted by Gasteiger charge is 2.15. The molecule has 1 aliphatic heterocycles. The third kappa shape index (κ3) is 3.45. The van der Waals surface area contributed by atoms with Crippen molar-refractivity contribution in [2.45, 2.75) is 6.42 Å². The molecule has 0 saturated carbocycles. The lowest BCUT2D eigenvalue weighted by atomic mass is 10.2. The molecule has 0 saturated heterocycles. The minimum absolute atomic E-state index is 0.209. The molecule has 2 aromatic carbocycles. The summed E-state index contributed by atoms with van der Waals surface area (Å²) in [6, 6.07) is 14.6. The predicted octanol–water partition coefficient (Wildman–Crippen LogP) is 3.53. The fraction of sp³-hybridized carbons (Fsp3) is 0.294. The molecular formula is C17H19FN2O. The summed E-state index contributed by atoms with van der Waals surface area (Å²) in [6.45, 7) is 3.44. The average molecular weight is 286 g/mol. The second-order valence-electron chi connectivity index (χ2n) is 5.09. The first-order valence-electron chi connectivity index (χ1n) is 7.29. The number of ether oxygens (including phenoxy) is 1. The molecule has 3 nitrogen and oxygen atoms in total. The second-order valence-corrected chi connectivity index (χ2v) is 5.09. The van der Waals surface area contributed by atoms with Crippen LogP contribution in [0.4, 0.5) is 15.8 Å². The van der Waals surface area contributed by atoms with Crippen LogP contribution in [0, 0.1) is 5.82 Å². The molecule has 0 unspecified atom stereocenters. The van der Waals surface area contributed by atoms with E-state index in [1.165, 1.54) is 12.1 Å². The fourth-order valence-electron chi connectivity index (χ4n) is 2.53. The topological polar surface area (TPSA) is 24.5 Å². The number of fused-ring (bicyclic) bond motifs is 1. The average Bonchev–Trinajstić information content (AvgIpc) is 2.72. The summed E-state index contributed by atoms with van der Waals surface area (Å²) in [4.78, 5) is 2.33. The standard InChI is InChI=1S/C17H19FN2O/c18-14-6-8-15(9-7-14)19-10-12-20-11-3-13-21-17-5-2-1-4-16(17)20/h1-2,4-9,19H,3,10-13H2. The number of benzene rings is 2. The van der Waals surface area contributed by atoms with Gasteiger partial charge in [0.2, 0.25) is 0 Å². The lowest BCUT2D eigenvalue weighted by Gasteiger charge is -2.24. The number of halogens is 1. The van der Waals surface area contributed by atoms with Crippen molar-refractivity contribution in [1.82, 2.24) is 0 Å². The molecule has 0 radical (unpaired) electrons. The van der Waals surface area contributed by atoms with Crippen LogP contribution < -0.4 is 15.0 Å². The smallest absolute Gasteiger partial charge is 0.142 e. The summed E-state index contributed by atoms with van der Waals surface area (Å²) in [7, 11) is 0. The second kappa shape index (κ2) is 6.48. The highest BCUT2D eigenvalue weighted by molar-refractivity contribution is 5.59. The molecule has 1 N–H and O–H groups in total. The molecule has 21 heavy (non-hydrogen) atoms. The van der Waals surface area contributed by atoms with Crippen molar-refractivity contribution in [1.29, 1.82) is 0 Å². The van der Waals surface area contributed by atoms with Crippen LogP contribution in [-0.2, 0) is 0 Å². The molecule has 0 atom stereocenters. The monoisotopic (exact) mass is 286 g/mol. The van der Waals surface area contributed by atoms with Gasteiger partial charge in [0.25, 0.3) is 0 Å². The van der Waals surface area contributed by atoms with E-state index in [1.54, 1.807) is 12.1 Å². The maximum Gasteiger partial charge on any atom is 0.142 e. The van der Waals surface area contributed by atoms with Gasteiger partial charge in [0.1, 0.15) is 11.6 Å². The van der Waals surface area contributed by atoms with Crippen LogP contribution in [-0.4, -0.2) is 26.2 Å². The van der Waals surface area contributed by atoms with Crippen LogP contribution in [0.15, 0.2) is 48.5 Å². The molecule has 110 valence electrons. The lowest BCUT2D eigenvalue weighted by molar-refractivity contribution is 0.322. The molecule has 0 amide bonds. The van der Waals surface area contributed by atoms with Gasteiger partial charge in [-0.2, -0.15) is 0 Å². The third-order valence-corrected chi connectivity index (χ3v) is 3.59. The first-order chi connectivity index (χ1) is 10.3. The van der Waals surface area contributed by atoms with Gasteiger partial charge in [-0.1, -0.05) is 12.1 Å². The van der Waals surface area contributed by atoms with E-state index in [-0.39, 0.29) is 5.82 Å². The highest BCUT2D eigenvalue weighted by Crippen LogP contribution is 2.30. The number of nitrogens with zero attached hydrogens (tertiary/aromatic N) is 1. The highest BCUT2D eigenvalue weighted by atomic mass is 19.1. The van der Waals surface area contributed by atoms with E-state index in [0.717, 1.165) is 49.8 Å². The Morgan fingerprint density at radius 1 is 1.10 bits per heavy atom. The van der Waals surface area contributed by atoms with Crippen molar-refractivity contribution in [2.24, 2.45) is 0 Å². The summed E-state index contributed by atoms with van der Waals surface area (Å²) >= 11 is 0. The Hall–Kier alpha value is -2.23. The normalized spacial score (nSPS) is 14.0.